The third kappa shape index (κ3) is 7.83. The maximum absolute atomic E-state index is 12.9. The summed E-state index contributed by atoms with van der Waals surface area (Å²) in [6.07, 6.45) is 9.92. The van der Waals surface area contributed by atoms with Gasteiger partial charge in [-0.25, -0.2) is 0 Å². The number of unbranched alkanes of at least 4 members (excludes halogenated alkanes) is 3. The van der Waals surface area contributed by atoms with Gasteiger partial charge in [-0.3, -0.25) is 14.9 Å². The van der Waals surface area contributed by atoms with Gasteiger partial charge in [0.2, 0.25) is 0 Å². The summed E-state index contributed by atoms with van der Waals surface area (Å²) < 4.78 is 5.85. The second kappa shape index (κ2) is 13.7. The SMILES string of the molecule is CCCCCCOc1ccccc1C(=O)NC(=S)Nc1ccccc1C(=O)NC1CCCCC1. The van der Waals surface area contributed by atoms with Gasteiger partial charge in [0.15, 0.2) is 5.11 Å². The van der Waals surface area contributed by atoms with E-state index >= 15 is 0 Å². The van der Waals surface area contributed by atoms with Crippen LogP contribution in [-0.4, -0.2) is 29.6 Å². The molecule has 182 valence electrons. The van der Waals surface area contributed by atoms with Crippen molar-refractivity contribution in [2.24, 2.45) is 0 Å². The molecule has 1 fully saturated rings. The van der Waals surface area contributed by atoms with Crippen LogP contribution in [0.25, 0.3) is 0 Å². The molecule has 0 radical (unpaired) electrons. The van der Waals surface area contributed by atoms with Crippen molar-refractivity contribution in [1.29, 1.82) is 0 Å². The molecule has 34 heavy (non-hydrogen) atoms. The zero-order valence-electron chi connectivity index (χ0n) is 19.9. The molecule has 2 amide bonds. The molecule has 0 bridgehead atoms. The van der Waals surface area contributed by atoms with Crippen LogP contribution in [0.4, 0.5) is 5.69 Å². The van der Waals surface area contributed by atoms with Gasteiger partial charge in [0.1, 0.15) is 5.75 Å². The number of carbonyl (C=O) groups is 2. The van der Waals surface area contributed by atoms with Crippen LogP contribution in [0, 0.1) is 0 Å². The highest BCUT2D eigenvalue weighted by Gasteiger charge is 2.19. The Bertz CT molecular complexity index is 973. The van der Waals surface area contributed by atoms with Crippen molar-refractivity contribution in [1.82, 2.24) is 10.6 Å². The van der Waals surface area contributed by atoms with E-state index in [0.29, 0.717) is 29.2 Å². The number of ether oxygens (including phenoxy) is 1. The van der Waals surface area contributed by atoms with E-state index in [1.807, 2.05) is 18.2 Å². The molecular formula is C27H35N3O3S. The molecule has 7 heteroatoms. The van der Waals surface area contributed by atoms with E-state index in [-0.39, 0.29) is 23.0 Å². The zero-order chi connectivity index (χ0) is 24.2. The van der Waals surface area contributed by atoms with Crippen molar-refractivity contribution in [3.05, 3.63) is 59.7 Å². The average Bonchev–Trinajstić information content (AvgIpc) is 2.85. The second-order valence-corrected chi connectivity index (χ2v) is 9.08. The molecule has 6 nitrogen and oxygen atoms in total. The van der Waals surface area contributed by atoms with Crippen molar-refractivity contribution in [3.8, 4) is 5.75 Å². The van der Waals surface area contributed by atoms with E-state index in [1.54, 1.807) is 30.3 Å². The van der Waals surface area contributed by atoms with Crippen molar-refractivity contribution in [3.63, 3.8) is 0 Å². The van der Waals surface area contributed by atoms with Crippen LogP contribution >= 0.6 is 12.2 Å². The number of thiocarbonyl (C=S) groups is 1. The van der Waals surface area contributed by atoms with E-state index < -0.39 is 0 Å². The number of hydrogen-bond donors (Lipinski definition) is 3. The Labute approximate surface area is 207 Å². The monoisotopic (exact) mass is 481 g/mol. The highest BCUT2D eigenvalue weighted by Crippen LogP contribution is 2.21. The standard InChI is InChI=1S/C27H35N3O3S/c1-2-3-4-12-19-33-24-18-11-9-16-22(24)26(32)30-27(34)29-23-17-10-8-15-21(23)25(31)28-20-13-6-5-7-14-20/h8-11,15-18,20H,2-7,12-14,19H2,1H3,(H,28,31)(H2,29,30,32,34). The summed E-state index contributed by atoms with van der Waals surface area (Å²) >= 11 is 5.38. The molecule has 0 unspecified atom stereocenters. The van der Waals surface area contributed by atoms with Crippen LogP contribution in [0.15, 0.2) is 48.5 Å². The van der Waals surface area contributed by atoms with Gasteiger partial charge in [0.05, 0.1) is 23.4 Å². The van der Waals surface area contributed by atoms with Gasteiger partial charge >= 0.3 is 0 Å². The number of carbonyl (C=O) groups excluding carboxylic acids is 2. The summed E-state index contributed by atoms with van der Waals surface area (Å²) in [7, 11) is 0. The largest absolute Gasteiger partial charge is 0.493 e. The zero-order valence-corrected chi connectivity index (χ0v) is 20.7. The molecule has 0 spiro atoms. The first-order valence-corrected chi connectivity index (χ1v) is 12.7. The quantitative estimate of drug-likeness (QED) is 0.294. The predicted octanol–water partition coefficient (Wildman–Crippen LogP) is 5.84. The summed E-state index contributed by atoms with van der Waals surface area (Å²) in [4.78, 5) is 25.8. The number of hydrogen-bond acceptors (Lipinski definition) is 4. The Morgan fingerprint density at radius 3 is 2.38 bits per heavy atom. The Hall–Kier alpha value is -2.93. The minimum Gasteiger partial charge on any atom is -0.493 e. The summed E-state index contributed by atoms with van der Waals surface area (Å²) in [6, 6.07) is 14.5. The molecule has 2 aromatic carbocycles. The highest BCUT2D eigenvalue weighted by atomic mass is 32.1. The van der Waals surface area contributed by atoms with E-state index in [4.69, 9.17) is 17.0 Å². The van der Waals surface area contributed by atoms with Crippen LogP contribution in [0.1, 0.15) is 85.4 Å². The Morgan fingerprint density at radius 1 is 0.912 bits per heavy atom. The molecular weight excluding hydrogens is 446 g/mol. The van der Waals surface area contributed by atoms with Crippen LogP contribution < -0.4 is 20.7 Å². The lowest BCUT2D eigenvalue weighted by Crippen LogP contribution is -2.37. The van der Waals surface area contributed by atoms with Gasteiger partial charge in [-0.05, 0) is 55.7 Å². The lowest BCUT2D eigenvalue weighted by molar-refractivity contribution is 0.0927. The molecule has 3 N–H and O–H groups in total. The van der Waals surface area contributed by atoms with E-state index in [9.17, 15) is 9.59 Å². The fourth-order valence-corrected chi connectivity index (χ4v) is 4.32. The van der Waals surface area contributed by atoms with Crippen LogP contribution in [-0.2, 0) is 0 Å². The second-order valence-electron chi connectivity index (χ2n) is 8.67. The molecule has 0 heterocycles. The summed E-state index contributed by atoms with van der Waals surface area (Å²) in [5.41, 5.74) is 1.48. The van der Waals surface area contributed by atoms with Gasteiger partial charge < -0.3 is 15.4 Å². The molecule has 0 atom stereocenters. The van der Waals surface area contributed by atoms with Crippen molar-refractivity contribution in [2.75, 3.05) is 11.9 Å². The van der Waals surface area contributed by atoms with Gasteiger partial charge in [0.25, 0.3) is 11.8 Å². The maximum atomic E-state index is 12.9. The molecule has 0 aliphatic heterocycles. The van der Waals surface area contributed by atoms with Crippen LogP contribution in [0.5, 0.6) is 5.75 Å². The Morgan fingerprint density at radius 2 is 1.62 bits per heavy atom. The number of para-hydroxylation sites is 2. The number of nitrogens with one attached hydrogen (secondary N) is 3. The van der Waals surface area contributed by atoms with E-state index in [1.165, 1.54) is 12.8 Å². The van der Waals surface area contributed by atoms with Gasteiger partial charge in [-0.15, -0.1) is 0 Å². The third-order valence-corrected chi connectivity index (χ3v) is 6.18. The molecule has 1 aliphatic carbocycles. The lowest BCUT2D eigenvalue weighted by atomic mass is 9.95. The highest BCUT2D eigenvalue weighted by molar-refractivity contribution is 7.80. The Balaban J connectivity index is 1.59. The number of rotatable bonds is 10. The van der Waals surface area contributed by atoms with Crippen molar-refractivity contribution >= 4 is 34.8 Å². The maximum Gasteiger partial charge on any atom is 0.261 e. The minimum absolute atomic E-state index is 0.126. The smallest absolute Gasteiger partial charge is 0.261 e. The third-order valence-electron chi connectivity index (χ3n) is 5.97. The number of anilines is 1. The van der Waals surface area contributed by atoms with Gasteiger partial charge in [-0.1, -0.05) is 69.7 Å². The molecule has 3 rings (SSSR count). The number of amides is 2. The molecule has 0 saturated heterocycles. The van der Waals surface area contributed by atoms with Crippen LogP contribution in [0.2, 0.25) is 0 Å². The lowest BCUT2D eigenvalue weighted by Gasteiger charge is -2.23. The first-order valence-electron chi connectivity index (χ1n) is 12.3. The minimum atomic E-state index is -0.356. The fraction of sp³-hybridized carbons (Fsp3) is 0.444. The van der Waals surface area contributed by atoms with Crippen LogP contribution in [0.3, 0.4) is 0 Å². The predicted molar refractivity (Wildman–Crippen MR) is 141 cm³/mol. The number of benzene rings is 2. The first kappa shape index (κ1) is 25.7. The fourth-order valence-electron chi connectivity index (χ4n) is 4.12. The van der Waals surface area contributed by atoms with Gasteiger partial charge in [0, 0.05) is 6.04 Å². The summed E-state index contributed by atoms with van der Waals surface area (Å²) in [6.45, 7) is 2.73. The Kier molecular flexibility index (Phi) is 10.3. The summed E-state index contributed by atoms with van der Waals surface area (Å²) in [5.74, 6) is 0.0447. The molecule has 1 aliphatic rings. The normalized spacial score (nSPS) is 13.7. The molecule has 0 aromatic heterocycles. The van der Waals surface area contributed by atoms with Crippen molar-refractivity contribution < 1.29 is 14.3 Å². The first-order chi connectivity index (χ1) is 16.6. The van der Waals surface area contributed by atoms with Gasteiger partial charge in [-0.2, -0.15) is 0 Å². The topological polar surface area (TPSA) is 79.5 Å². The van der Waals surface area contributed by atoms with E-state index in [2.05, 4.69) is 22.9 Å². The average molecular weight is 482 g/mol. The van der Waals surface area contributed by atoms with E-state index in [0.717, 1.165) is 44.9 Å². The van der Waals surface area contributed by atoms with Crippen molar-refractivity contribution in [2.45, 2.75) is 70.8 Å². The molecule has 2 aromatic rings. The molecule has 1 saturated carbocycles. The summed E-state index contributed by atoms with van der Waals surface area (Å²) in [5, 5.41) is 8.98.